The summed E-state index contributed by atoms with van der Waals surface area (Å²) in [5.74, 6) is 5.90. The fraction of sp³-hybridized carbons (Fsp3) is 0.562. The van der Waals surface area contributed by atoms with E-state index < -0.39 is 0 Å². The largest absolute Gasteiger partial charge is 0.335 e. The van der Waals surface area contributed by atoms with Gasteiger partial charge in [-0.05, 0) is 37.0 Å². The minimum atomic E-state index is -0.0205. The number of carbonyl (C=O) groups is 1. The lowest BCUT2D eigenvalue weighted by Crippen LogP contribution is -2.42. The molecule has 3 N–H and O–H groups in total. The van der Waals surface area contributed by atoms with Gasteiger partial charge in [-0.15, -0.1) is 0 Å². The smallest absolute Gasteiger partial charge is 0.256 e. The van der Waals surface area contributed by atoms with E-state index in [1.54, 1.807) is 18.2 Å². The van der Waals surface area contributed by atoms with Crippen LogP contribution in [0.1, 0.15) is 50.9 Å². The highest BCUT2D eigenvalue weighted by atomic mass is 35.5. The molecule has 0 fully saturated rings. The van der Waals surface area contributed by atoms with E-state index in [1.165, 1.54) is 0 Å². The van der Waals surface area contributed by atoms with E-state index in [0.717, 1.165) is 19.4 Å². The number of hydrazine groups is 1. The van der Waals surface area contributed by atoms with Gasteiger partial charge in [0, 0.05) is 17.6 Å². The van der Waals surface area contributed by atoms with Crippen molar-refractivity contribution in [1.82, 2.24) is 4.90 Å². The highest BCUT2D eigenvalue weighted by molar-refractivity contribution is 6.31. The molecule has 0 heterocycles. The molecule has 0 spiro atoms. The normalized spacial score (nSPS) is 11.0. The highest BCUT2D eigenvalue weighted by Crippen LogP contribution is 2.24. The van der Waals surface area contributed by atoms with Gasteiger partial charge in [0.1, 0.15) is 0 Å². The summed E-state index contributed by atoms with van der Waals surface area (Å²) in [4.78, 5) is 14.9. The minimum absolute atomic E-state index is 0.0205. The van der Waals surface area contributed by atoms with Crippen molar-refractivity contribution in [1.29, 1.82) is 0 Å². The molecule has 0 radical (unpaired) electrons. The molecule has 5 heteroatoms. The van der Waals surface area contributed by atoms with E-state index >= 15 is 0 Å². The number of amides is 1. The molecule has 21 heavy (non-hydrogen) atoms. The third kappa shape index (κ3) is 4.61. The van der Waals surface area contributed by atoms with Crippen LogP contribution in [-0.2, 0) is 0 Å². The molecular weight excluding hydrogens is 286 g/mol. The van der Waals surface area contributed by atoms with Gasteiger partial charge < -0.3 is 10.3 Å². The van der Waals surface area contributed by atoms with Gasteiger partial charge in [0.2, 0.25) is 0 Å². The topological polar surface area (TPSA) is 58.4 Å². The van der Waals surface area contributed by atoms with Crippen LogP contribution in [0.15, 0.2) is 18.2 Å². The van der Waals surface area contributed by atoms with E-state index in [-0.39, 0.29) is 11.9 Å². The van der Waals surface area contributed by atoms with Crippen LogP contribution in [0.2, 0.25) is 5.02 Å². The maximum absolute atomic E-state index is 12.9. The van der Waals surface area contributed by atoms with Crippen LogP contribution in [0.5, 0.6) is 0 Å². The summed E-state index contributed by atoms with van der Waals surface area (Å²) < 4.78 is 0. The molecule has 0 unspecified atom stereocenters. The number of nitrogens with one attached hydrogen (secondary N) is 1. The molecule has 1 amide bonds. The van der Waals surface area contributed by atoms with E-state index in [2.05, 4.69) is 33.1 Å². The van der Waals surface area contributed by atoms with Crippen molar-refractivity contribution < 1.29 is 4.79 Å². The first-order chi connectivity index (χ1) is 9.94. The quantitative estimate of drug-likeness (QED) is 0.593. The van der Waals surface area contributed by atoms with Gasteiger partial charge in [-0.1, -0.05) is 39.3 Å². The number of carbonyl (C=O) groups excluding carboxylic acids is 1. The van der Waals surface area contributed by atoms with Gasteiger partial charge in [-0.3, -0.25) is 10.6 Å². The summed E-state index contributed by atoms with van der Waals surface area (Å²) in [7, 11) is 0. The highest BCUT2D eigenvalue weighted by Gasteiger charge is 2.25. The monoisotopic (exact) mass is 311 g/mol. The molecule has 0 atom stereocenters. The number of halogens is 1. The summed E-state index contributed by atoms with van der Waals surface area (Å²) in [6, 6.07) is 5.35. The molecule has 1 aromatic rings. The molecule has 0 aliphatic rings. The average molecular weight is 312 g/mol. The lowest BCUT2D eigenvalue weighted by molar-refractivity contribution is 0.0641. The predicted molar refractivity (Wildman–Crippen MR) is 89.5 cm³/mol. The Bertz CT molecular complexity index is 473. The number of benzene rings is 1. The van der Waals surface area contributed by atoms with Crippen LogP contribution in [0, 0.1) is 5.92 Å². The summed E-state index contributed by atoms with van der Waals surface area (Å²) in [6.07, 6.45) is 1.86. The maximum atomic E-state index is 12.9. The maximum Gasteiger partial charge on any atom is 0.256 e. The number of nitrogens with zero attached hydrogens (tertiary/aromatic N) is 1. The van der Waals surface area contributed by atoms with Crippen LogP contribution in [0.25, 0.3) is 0 Å². The van der Waals surface area contributed by atoms with Gasteiger partial charge in [0.05, 0.1) is 11.3 Å². The molecule has 1 aromatic carbocycles. The summed E-state index contributed by atoms with van der Waals surface area (Å²) in [5, 5.41) is 0.534. The standard InChI is InChI=1S/C16H26ClN3O/c1-5-13(6-2)20(10-11(3)4)16(21)14-9-12(17)7-8-15(14)19-18/h7-9,11,13,19H,5-6,10,18H2,1-4H3. The van der Waals surface area contributed by atoms with Crippen LogP contribution in [0.4, 0.5) is 5.69 Å². The number of nitrogens with two attached hydrogens (primary N) is 1. The van der Waals surface area contributed by atoms with E-state index in [1.807, 2.05) is 4.90 Å². The molecule has 4 nitrogen and oxygen atoms in total. The van der Waals surface area contributed by atoms with E-state index in [9.17, 15) is 4.79 Å². The zero-order chi connectivity index (χ0) is 16.0. The SMILES string of the molecule is CCC(CC)N(CC(C)C)C(=O)c1cc(Cl)ccc1NN. The van der Waals surface area contributed by atoms with Gasteiger partial charge in [-0.2, -0.15) is 0 Å². The summed E-state index contributed by atoms with van der Waals surface area (Å²) in [5.41, 5.74) is 3.71. The molecule has 0 bridgehead atoms. The number of hydrogen-bond acceptors (Lipinski definition) is 3. The van der Waals surface area contributed by atoms with Gasteiger partial charge in [0.15, 0.2) is 0 Å². The Balaban J connectivity index is 3.18. The molecule has 0 aromatic heterocycles. The van der Waals surface area contributed by atoms with Crippen molar-refractivity contribution in [3.63, 3.8) is 0 Å². The van der Waals surface area contributed by atoms with Crippen LogP contribution >= 0.6 is 11.6 Å². The number of anilines is 1. The third-order valence-electron chi connectivity index (χ3n) is 3.57. The van der Waals surface area contributed by atoms with E-state index in [4.69, 9.17) is 17.4 Å². The molecule has 1 rings (SSSR count). The van der Waals surface area contributed by atoms with Gasteiger partial charge in [0.25, 0.3) is 5.91 Å². The zero-order valence-corrected chi connectivity index (χ0v) is 14.1. The van der Waals surface area contributed by atoms with Crippen molar-refractivity contribution in [2.75, 3.05) is 12.0 Å². The average Bonchev–Trinajstić information content (AvgIpc) is 2.46. The zero-order valence-electron chi connectivity index (χ0n) is 13.3. The number of rotatable bonds is 7. The lowest BCUT2D eigenvalue weighted by Gasteiger charge is -2.32. The number of hydrogen-bond donors (Lipinski definition) is 2. The first-order valence-corrected chi connectivity index (χ1v) is 7.89. The van der Waals surface area contributed by atoms with Crippen molar-refractivity contribution in [3.8, 4) is 0 Å². The molecule has 0 aliphatic carbocycles. The van der Waals surface area contributed by atoms with Crippen molar-refractivity contribution in [3.05, 3.63) is 28.8 Å². The summed E-state index contributed by atoms with van der Waals surface area (Å²) >= 11 is 6.04. The molecule has 0 aliphatic heterocycles. The molecule has 0 saturated heterocycles. The van der Waals surface area contributed by atoms with E-state index in [0.29, 0.717) is 22.2 Å². The Morgan fingerprint density at radius 1 is 1.33 bits per heavy atom. The summed E-state index contributed by atoms with van der Waals surface area (Å²) in [6.45, 7) is 9.16. The third-order valence-corrected chi connectivity index (χ3v) is 3.81. The predicted octanol–water partition coefficient (Wildman–Crippen LogP) is 3.91. The van der Waals surface area contributed by atoms with Crippen LogP contribution in [-0.4, -0.2) is 23.4 Å². The second-order valence-electron chi connectivity index (χ2n) is 5.66. The Kier molecular flexibility index (Phi) is 6.99. The van der Waals surface area contributed by atoms with Crippen molar-refractivity contribution in [2.45, 2.75) is 46.6 Å². The van der Waals surface area contributed by atoms with Gasteiger partial charge in [-0.25, -0.2) is 0 Å². The Morgan fingerprint density at radius 3 is 2.43 bits per heavy atom. The Morgan fingerprint density at radius 2 is 1.95 bits per heavy atom. The minimum Gasteiger partial charge on any atom is -0.335 e. The second kappa shape index (κ2) is 8.25. The second-order valence-corrected chi connectivity index (χ2v) is 6.09. The molecule has 0 saturated carbocycles. The first-order valence-electron chi connectivity index (χ1n) is 7.51. The lowest BCUT2D eigenvalue weighted by atomic mass is 10.0. The fourth-order valence-electron chi connectivity index (χ4n) is 2.49. The van der Waals surface area contributed by atoms with Crippen LogP contribution in [0.3, 0.4) is 0 Å². The van der Waals surface area contributed by atoms with Gasteiger partial charge >= 0.3 is 0 Å². The molecular formula is C16H26ClN3O. The van der Waals surface area contributed by atoms with Crippen molar-refractivity contribution in [2.24, 2.45) is 11.8 Å². The number of nitrogen functional groups attached to an aromatic ring is 1. The first kappa shape index (κ1) is 17.8. The Labute approximate surface area is 132 Å². The molecule has 118 valence electrons. The van der Waals surface area contributed by atoms with Crippen molar-refractivity contribution >= 4 is 23.2 Å². The Hall–Kier alpha value is -1.26. The van der Waals surface area contributed by atoms with Crippen LogP contribution < -0.4 is 11.3 Å². The fourth-order valence-corrected chi connectivity index (χ4v) is 2.67.